The van der Waals surface area contributed by atoms with Gasteiger partial charge in [-0.3, -0.25) is 5.10 Å². The van der Waals surface area contributed by atoms with E-state index in [4.69, 9.17) is 4.74 Å². The molecule has 1 aliphatic rings. The average molecular weight is 477 g/mol. The average Bonchev–Trinajstić information content (AvgIpc) is 3.54. The van der Waals surface area contributed by atoms with Crippen molar-refractivity contribution >= 4 is 39.2 Å². The van der Waals surface area contributed by atoms with Crippen LogP contribution in [0.25, 0.3) is 0 Å². The van der Waals surface area contributed by atoms with Gasteiger partial charge < -0.3 is 15.4 Å². The first kappa shape index (κ1) is 19.6. The van der Waals surface area contributed by atoms with Gasteiger partial charge in [-0.25, -0.2) is 4.98 Å². The Labute approximate surface area is 188 Å². The van der Waals surface area contributed by atoms with Crippen LogP contribution in [-0.2, 0) is 6.61 Å². The summed E-state index contributed by atoms with van der Waals surface area (Å²) in [6.07, 6.45) is 4.16. The van der Waals surface area contributed by atoms with E-state index in [1.54, 1.807) is 6.20 Å². The summed E-state index contributed by atoms with van der Waals surface area (Å²) in [6.45, 7) is 0.514. The SMILES string of the molecule is Brc1cnc(Nc2cccc(OCc3ccccc3)c2)nc1Nc1cc(C2CC2)[nH]n1. The third-order valence-electron chi connectivity index (χ3n) is 4.94. The van der Waals surface area contributed by atoms with Gasteiger partial charge in [0, 0.05) is 35.6 Å². The van der Waals surface area contributed by atoms with Gasteiger partial charge in [0.1, 0.15) is 12.4 Å². The highest BCUT2D eigenvalue weighted by Crippen LogP contribution is 2.39. The maximum atomic E-state index is 5.91. The number of hydrogen-bond donors (Lipinski definition) is 3. The van der Waals surface area contributed by atoms with Crippen molar-refractivity contribution in [3.8, 4) is 5.75 Å². The second-order valence-electron chi connectivity index (χ2n) is 7.43. The maximum absolute atomic E-state index is 5.91. The van der Waals surface area contributed by atoms with Crippen LogP contribution in [0.2, 0.25) is 0 Å². The number of rotatable bonds is 8. The number of ether oxygens (including phenoxy) is 1. The van der Waals surface area contributed by atoms with Crippen LogP contribution < -0.4 is 15.4 Å². The molecule has 0 atom stereocenters. The molecule has 0 bridgehead atoms. The normalized spacial score (nSPS) is 13.1. The molecule has 1 aliphatic carbocycles. The first-order valence-corrected chi connectivity index (χ1v) is 10.9. The van der Waals surface area contributed by atoms with Crippen LogP contribution >= 0.6 is 15.9 Å². The molecule has 0 radical (unpaired) electrons. The van der Waals surface area contributed by atoms with Gasteiger partial charge in [-0.2, -0.15) is 10.1 Å². The van der Waals surface area contributed by atoms with E-state index in [0.29, 0.717) is 24.3 Å². The Balaban J connectivity index is 1.26. The minimum Gasteiger partial charge on any atom is -0.489 e. The van der Waals surface area contributed by atoms with Crippen LogP contribution in [0.3, 0.4) is 0 Å². The molecule has 0 spiro atoms. The van der Waals surface area contributed by atoms with Crippen LogP contribution in [0.4, 0.5) is 23.3 Å². The predicted molar refractivity (Wildman–Crippen MR) is 124 cm³/mol. The Morgan fingerprint density at radius 1 is 1.03 bits per heavy atom. The van der Waals surface area contributed by atoms with Gasteiger partial charge in [0.2, 0.25) is 5.95 Å². The van der Waals surface area contributed by atoms with Gasteiger partial charge >= 0.3 is 0 Å². The third-order valence-corrected chi connectivity index (χ3v) is 5.52. The Hall–Kier alpha value is -3.39. The molecule has 0 amide bonds. The molecule has 0 aliphatic heterocycles. The zero-order valence-corrected chi connectivity index (χ0v) is 18.3. The molecule has 4 aromatic rings. The third kappa shape index (κ3) is 5.03. The highest BCUT2D eigenvalue weighted by atomic mass is 79.9. The van der Waals surface area contributed by atoms with Gasteiger partial charge in [-0.05, 0) is 46.5 Å². The summed E-state index contributed by atoms with van der Waals surface area (Å²) < 4.78 is 6.66. The highest BCUT2D eigenvalue weighted by Gasteiger charge is 2.25. The van der Waals surface area contributed by atoms with E-state index in [9.17, 15) is 0 Å². The number of hydrogen-bond acceptors (Lipinski definition) is 6. The predicted octanol–water partition coefficient (Wildman–Crippen LogP) is 5.91. The van der Waals surface area contributed by atoms with Crippen molar-refractivity contribution in [2.24, 2.45) is 0 Å². The fraction of sp³-hybridized carbons (Fsp3) is 0.174. The number of H-pyrrole nitrogens is 1. The zero-order chi connectivity index (χ0) is 21.0. The lowest BCUT2D eigenvalue weighted by atomic mass is 10.2. The molecule has 0 saturated heterocycles. The molecule has 156 valence electrons. The summed E-state index contributed by atoms with van der Waals surface area (Å²) in [5, 5.41) is 13.9. The van der Waals surface area contributed by atoms with E-state index in [1.807, 2.05) is 60.7 Å². The lowest BCUT2D eigenvalue weighted by molar-refractivity contribution is 0.306. The summed E-state index contributed by atoms with van der Waals surface area (Å²) in [6, 6.07) is 19.9. The van der Waals surface area contributed by atoms with E-state index in [0.717, 1.165) is 27.3 Å². The summed E-state index contributed by atoms with van der Waals surface area (Å²) in [5.41, 5.74) is 3.13. The van der Waals surface area contributed by atoms with Crippen molar-refractivity contribution in [1.82, 2.24) is 20.2 Å². The first-order chi connectivity index (χ1) is 15.2. The fourth-order valence-corrected chi connectivity index (χ4v) is 3.46. The molecule has 5 rings (SSSR count). The number of nitrogens with one attached hydrogen (secondary N) is 3. The molecular weight excluding hydrogens is 456 g/mol. The Bertz CT molecular complexity index is 1180. The van der Waals surface area contributed by atoms with Crippen molar-refractivity contribution < 1.29 is 4.74 Å². The van der Waals surface area contributed by atoms with Crippen molar-refractivity contribution in [3.63, 3.8) is 0 Å². The Kier molecular flexibility index (Phi) is 5.54. The molecule has 31 heavy (non-hydrogen) atoms. The topological polar surface area (TPSA) is 87.8 Å². The maximum Gasteiger partial charge on any atom is 0.229 e. The lowest BCUT2D eigenvalue weighted by Gasteiger charge is -2.11. The zero-order valence-electron chi connectivity index (χ0n) is 16.7. The molecule has 1 fully saturated rings. The molecule has 2 aromatic carbocycles. The largest absolute Gasteiger partial charge is 0.489 e. The number of halogens is 1. The number of aromatic amines is 1. The van der Waals surface area contributed by atoms with Gasteiger partial charge in [0.15, 0.2) is 11.6 Å². The Morgan fingerprint density at radius 2 is 1.90 bits per heavy atom. The van der Waals surface area contributed by atoms with Gasteiger partial charge in [0.25, 0.3) is 0 Å². The highest BCUT2D eigenvalue weighted by molar-refractivity contribution is 9.10. The van der Waals surface area contributed by atoms with E-state index < -0.39 is 0 Å². The number of nitrogens with zero attached hydrogens (tertiary/aromatic N) is 3. The van der Waals surface area contributed by atoms with Crippen LogP contribution in [0.15, 0.2) is 71.3 Å². The number of aromatic nitrogens is 4. The summed E-state index contributed by atoms with van der Waals surface area (Å²) in [4.78, 5) is 8.95. The minimum absolute atomic E-state index is 0.476. The quantitative estimate of drug-likeness (QED) is 0.293. The van der Waals surface area contributed by atoms with Crippen molar-refractivity contribution in [3.05, 3.63) is 82.6 Å². The van der Waals surface area contributed by atoms with Crippen LogP contribution in [0.5, 0.6) is 5.75 Å². The van der Waals surface area contributed by atoms with Crippen LogP contribution in [0.1, 0.15) is 30.0 Å². The fourth-order valence-electron chi connectivity index (χ4n) is 3.17. The molecule has 2 aromatic heterocycles. The van der Waals surface area contributed by atoms with Gasteiger partial charge in [-0.15, -0.1) is 0 Å². The smallest absolute Gasteiger partial charge is 0.229 e. The summed E-state index contributed by atoms with van der Waals surface area (Å²) in [7, 11) is 0. The molecule has 1 saturated carbocycles. The van der Waals surface area contributed by atoms with E-state index in [1.165, 1.54) is 18.5 Å². The van der Waals surface area contributed by atoms with E-state index >= 15 is 0 Å². The molecule has 0 unspecified atom stereocenters. The molecule has 2 heterocycles. The second kappa shape index (κ2) is 8.77. The van der Waals surface area contributed by atoms with Crippen molar-refractivity contribution in [2.45, 2.75) is 25.4 Å². The van der Waals surface area contributed by atoms with E-state index in [2.05, 4.69) is 46.7 Å². The van der Waals surface area contributed by atoms with Crippen LogP contribution in [0, 0.1) is 0 Å². The molecule has 8 heteroatoms. The number of anilines is 4. The first-order valence-electron chi connectivity index (χ1n) is 10.1. The monoisotopic (exact) mass is 476 g/mol. The summed E-state index contributed by atoms with van der Waals surface area (Å²) >= 11 is 3.50. The van der Waals surface area contributed by atoms with E-state index in [-0.39, 0.29) is 0 Å². The molecular formula is C23H21BrN6O. The minimum atomic E-state index is 0.476. The lowest BCUT2D eigenvalue weighted by Crippen LogP contribution is -2.02. The van der Waals surface area contributed by atoms with Gasteiger partial charge in [0.05, 0.1) is 4.47 Å². The molecule has 7 nitrogen and oxygen atoms in total. The van der Waals surface area contributed by atoms with Crippen molar-refractivity contribution in [2.75, 3.05) is 10.6 Å². The van der Waals surface area contributed by atoms with Gasteiger partial charge in [-0.1, -0.05) is 36.4 Å². The second-order valence-corrected chi connectivity index (χ2v) is 8.28. The Morgan fingerprint density at radius 3 is 2.74 bits per heavy atom. The molecule has 3 N–H and O–H groups in total. The van der Waals surface area contributed by atoms with Crippen LogP contribution in [-0.4, -0.2) is 20.2 Å². The van der Waals surface area contributed by atoms with Crippen molar-refractivity contribution in [1.29, 1.82) is 0 Å². The number of benzene rings is 2. The standard InChI is InChI=1S/C23H21BrN6O/c24-19-13-25-23(28-22(19)27-21-12-20(29-30-21)16-9-10-16)26-17-7-4-8-18(11-17)31-14-15-5-2-1-3-6-15/h1-8,11-13,16H,9-10,14H2,(H3,25,26,27,28,29,30). The summed E-state index contributed by atoms with van der Waals surface area (Å²) in [5.74, 6) is 3.24.